The Morgan fingerprint density at radius 1 is 0.291 bits per heavy atom. The summed E-state index contributed by atoms with van der Waals surface area (Å²) in [5.41, 5.74) is 13.6. The van der Waals surface area contributed by atoms with Crippen LogP contribution in [0, 0.1) is 0 Å². The van der Waals surface area contributed by atoms with Gasteiger partial charge in [-0.15, -0.1) is 0 Å². The van der Waals surface area contributed by atoms with Crippen LogP contribution in [0.1, 0.15) is 0 Å². The van der Waals surface area contributed by atoms with Gasteiger partial charge in [-0.25, -0.2) is 0 Å². The summed E-state index contributed by atoms with van der Waals surface area (Å²) in [7, 11) is 0. The van der Waals surface area contributed by atoms with Gasteiger partial charge in [-0.3, -0.25) is 0 Å². The molecule has 11 aromatic rings. The number of nitrogens with zero attached hydrogens (tertiary/aromatic N) is 1. The van der Waals surface area contributed by atoms with Crippen LogP contribution in [-0.4, -0.2) is 0 Å². The van der Waals surface area contributed by atoms with Crippen LogP contribution in [0.5, 0.6) is 0 Å². The highest BCUT2D eigenvalue weighted by molar-refractivity contribution is 6.08. The number of para-hydroxylation sites is 2. The SMILES string of the molecule is c1ccc(-c2ccc(-c3cccc4ccccc34)cc2N(c2ccc(-c3ccc4c(c3)oc3ccccc34)cc2)c2ccc3oc4ccccc4c3c2)cc1. The second-order valence-electron chi connectivity index (χ2n) is 14.1. The van der Waals surface area contributed by atoms with Gasteiger partial charge in [0.1, 0.15) is 22.3 Å². The van der Waals surface area contributed by atoms with Gasteiger partial charge in [0.15, 0.2) is 0 Å². The van der Waals surface area contributed by atoms with Gasteiger partial charge in [0.05, 0.1) is 5.69 Å². The summed E-state index contributed by atoms with van der Waals surface area (Å²) in [5, 5.41) is 6.90. The van der Waals surface area contributed by atoms with Crippen LogP contribution >= 0.6 is 0 Å². The summed E-state index contributed by atoms with van der Waals surface area (Å²) in [5.74, 6) is 0. The van der Waals surface area contributed by atoms with E-state index in [0.717, 1.165) is 88.8 Å². The molecule has 0 saturated carbocycles. The van der Waals surface area contributed by atoms with E-state index in [2.05, 4.69) is 181 Å². The molecule has 0 bridgehead atoms. The van der Waals surface area contributed by atoms with E-state index < -0.39 is 0 Å². The number of benzene rings is 9. The zero-order valence-electron chi connectivity index (χ0n) is 29.8. The third kappa shape index (κ3) is 5.28. The fraction of sp³-hybridized carbons (Fsp3) is 0. The molecule has 55 heavy (non-hydrogen) atoms. The Hall–Kier alpha value is -7.36. The summed E-state index contributed by atoms with van der Waals surface area (Å²) in [6.07, 6.45) is 0. The molecule has 0 saturated heterocycles. The number of fused-ring (bicyclic) bond motifs is 7. The third-order valence-corrected chi connectivity index (χ3v) is 10.9. The lowest BCUT2D eigenvalue weighted by Crippen LogP contribution is -2.11. The highest BCUT2D eigenvalue weighted by Gasteiger charge is 2.21. The smallest absolute Gasteiger partial charge is 0.136 e. The zero-order valence-corrected chi connectivity index (χ0v) is 29.8. The third-order valence-electron chi connectivity index (χ3n) is 10.9. The minimum absolute atomic E-state index is 0.869. The molecular formula is C52H33NO2. The second kappa shape index (κ2) is 12.6. The molecular weight excluding hydrogens is 671 g/mol. The Morgan fingerprint density at radius 3 is 1.71 bits per heavy atom. The van der Waals surface area contributed by atoms with Crippen LogP contribution in [0.15, 0.2) is 209 Å². The maximum Gasteiger partial charge on any atom is 0.136 e. The molecule has 0 amide bonds. The van der Waals surface area contributed by atoms with Gasteiger partial charge < -0.3 is 13.7 Å². The van der Waals surface area contributed by atoms with Gasteiger partial charge in [-0.1, -0.05) is 140 Å². The largest absolute Gasteiger partial charge is 0.456 e. The first-order valence-electron chi connectivity index (χ1n) is 18.7. The molecule has 0 aliphatic carbocycles. The average Bonchev–Trinajstić information content (AvgIpc) is 3.82. The maximum absolute atomic E-state index is 6.30. The van der Waals surface area contributed by atoms with Crippen molar-refractivity contribution in [3.8, 4) is 33.4 Å². The van der Waals surface area contributed by atoms with Crippen LogP contribution in [0.3, 0.4) is 0 Å². The monoisotopic (exact) mass is 703 g/mol. The molecule has 258 valence electrons. The number of hydrogen-bond acceptors (Lipinski definition) is 3. The minimum Gasteiger partial charge on any atom is -0.456 e. The van der Waals surface area contributed by atoms with Crippen molar-refractivity contribution < 1.29 is 8.83 Å². The zero-order chi connectivity index (χ0) is 36.3. The Morgan fingerprint density at radius 2 is 0.891 bits per heavy atom. The summed E-state index contributed by atoms with van der Waals surface area (Å²) < 4.78 is 12.6. The molecule has 2 aromatic heterocycles. The Balaban J connectivity index is 1.12. The normalized spacial score (nSPS) is 11.6. The van der Waals surface area contributed by atoms with E-state index in [1.54, 1.807) is 0 Å². The summed E-state index contributed by atoms with van der Waals surface area (Å²) >= 11 is 0. The summed E-state index contributed by atoms with van der Waals surface area (Å²) in [4.78, 5) is 2.39. The molecule has 3 heteroatoms. The fourth-order valence-corrected chi connectivity index (χ4v) is 8.21. The van der Waals surface area contributed by atoms with Crippen molar-refractivity contribution in [1.82, 2.24) is 0 Å². The van der Waals surface area contributed by atoms with Crippen LogP contribution in [0.2, 0.25) is 0 Å². The average molecular weight is 704 g/mol. The Kier molecular flexibility index (Phi) is 7.17. The lowest BCUT2D eigenvalue weighted by atomic mass is 9.94. The van der Waals surface area contributed by atoms with Gasteiger partial charge in [0.2, 0.25) is 0 Å². The van der Waals surface area contributed by atoms with E-state index in [0.29, 0.717) is 0 Å². The molecule has 0 spiro atoms. The van der Waals surface area contributed by atoms with E-state index in [1.807, 2.05) is 24.3 Å². The number of furan rings is 2. The Labute approximate surface area is 317 Å². The van der Waals surface area contributed by atoms with E-state index >= 15 is 0 Å². The van der Waals surface area contributed by atoms with Crippen molar-refractivity contribution in [2.24, 2.45) is 0 Å². The molecule has 0 radical (unpaired) electrons. The molecule has 0 aliphatic heterocycles. The van der Waals surface area contributed by atoms with E-state index in [1.165, 1.54) is 16.3 Å². The van der Waals surface area contributed by atoms with E-state index in [-0.39, 0.29) is 0 Å². The van der Waals surface area contributed by atoms with Crippen LogP contribution < -0.4 is 4.90 Å². The highest BCUT2D eigenvalue weighted by atomic mass is 16.3. The van der Waals surface area contributed by atoms with Crippen molar-refractivity contribution in [2.75, 3.05) is 4.90 Å². The second-order valence-corrected chi connectivity index (χ2v) is 14.1. The molecule has 3 nitrogen and oxygen atoms in total. The topological polar surface area (TPSA) is 29.5 Å². The van der Waals surface area contributed by atoms with Crippen LogP contribution in [-0.2, 0) is 0 Å². The first-order chi connectivity index (χ1) is 27.2. The molecule has 0 aliphatic rings. The van der Waals surface area contributed by atoms with Crippen LogP contribution in [0.25, 0.3) is 88.0 Å². The lowest BCUT2D eigenvalue weighted by molar-refractivity contribution is 0.668. The van der Waals surface area contributed by atoms with Crippen molar-refractivity contribution in [3.63, 3.8) is 0 Å². The van der Waals surface area contributed by atoms with Gasteiger partial charge >= 0.3 is 0 Å². The fourth-order valence-electron chi connectivity index (χ4n) is 8.21. The predicted molar refractivity (Wildman–Crippen MR) is 229 cm³/mol. The number of hydrogen-bond donors (Lipinski definition) is 0. The molecule has 0 atom stereocenters. The van der Waals surface area contributed by atoms with E-state index in [9.17, 15) is 0 Å². The maximum atomic E-state index is 6.30. The van der Waals surface area contributed by atoms with Crippen molar-refractivity contribution in [2.45, 2.75) is 0 Å². The molecule has 0 N–H and O–H groups in total. The van der Waals surface area contributed by atoms with Crippen molar-refractivity contribution in [1.29, 1.82) is 0 Å². The van der Waals surface area contributed by atoms with Gasteiger partial charge in [0, 0.05) is 38.5 Å². The van der Waals surface area contributed by atoms with Crippen molar-refractivity contribution >= 4 is 71.7 Å². The Bertz CT molecular complexity index is 3200. The molecule has 11 rings (SSSR count). The molecule has 0 unspecified atom stereocenters. The van der Waals surface area contributed by atoms with Gasteiger partial charge in [-0.2, -0.15) is 0 Å². The van der Waals surface area contributed by atoms with Gasteiger partial charge in [0.25, 0.3) is 0 Å². The molecule has 0 fully saturated rings. The first-order valence-corrected chi connectivity index (χ1v) is 18.7. The lowest BCUT2D eigenvalue weighted by Gasteiger charge is -2.29. The van der Waals surface area contributed by atoms with Gasteiger partial charge in [-0.05, 0) is 99.3 Å². The number of rotatable bonds is 6. The highest BCUT2D eigenvalue weighted by Crippen LogP contribution is 2.45. The molecule has 2 heterocycles. The van der Waals surface area contributed by atoms with E-state index in [4.69, 9.17) is 8.83 Å². The molecule has 9 aromatic carbocycles. The first kappa shape index (κ1) is 31.2. The van der Waals surface area contributed by atoms with Crippen molar-refractivity contribution in [3.05, 3.63) is 200 Å². The minimum atomic E-state index is 0.869. The standard InChI is InChI=1S/C52H33NO2/c1-2-11-36(12-3-1)43-28-24-38(42-18-10-14-35-13-4-5-15-41(35)42)31-48(43)53(40-27-30-51-47(33-40)45-17-7-9-20-50(45)54-51)39-25-21-34(22-26-39)37-23-29-46-44-16-6-8-19-49(44)55-52(46)32-37/h1-33H. The summed E-state index contributed by atoms with van der Waals surface area (Å²) in [6.45, 7) is 0. The quantitative estimate of drug-likeness (QED) is 0.173. The summed E-state index contributed by atoms with van der Waals surface area (Å²) in [6, 6.07) is 71.2. The number of anilines is 3. The predicted octanol–water partition coefficient (Wildman–Crippen LogP) is 15.1. The van der Waals surface area contributed by atoms with Crippen LogP contribution in [0.4, 0.5) is 17.1 Å².